The summed E-state index contributed by atoms with van der Waals surface area (Å²) in [6.07, 6.45) is -3.27. The minimum atomic E-state index is -4.12. The number of likely N-dealkylation sites (N-methyl/N-ethyl adjacent to an activating group) is 1. The van der Waals surface area contributed by atoms with Gasteiger partial charge in [0.25, 0.3) is 0 Å². The number of rotatable bonds is 7. The molecule has 0 bridgehead atoms. The number of hydrogen-bond donors (Lipinski definition) is 2. The lowest BCUT2D eigenvalue weighted by molar-refractivity contribution is -0.137. The molecule has 0 aromatic heterocycles. The van der Waals surface area contributed by atoms with Crippen molar-refractivity contribution in [3.05, 3.63) is 0 Å². The van der Waals surface area contributed by atoms with Gasteiger partial charge < -0.3 is 15.3 Å². The molecule has 16 heavy (non-hydrogen) atoms. The Kier molecular flexibility index (Phi) is 5.01. The molecule has 0 spiro atoms. The molecule has 2 N–H and O–H groups in total. The molecular weight excluding hydrogens is 221 g/mol. The Bertz CT molecular complexity index is 207. The molecule has 6 heteroatoms. The number of nitrogens with zero attached hydrogens (tertiary/aromatic N) is 1. The van der Waals surface area contributed by atoms with E-state index in [1.807, 2.05) is 0 Å². The minimum absolute atomic E-state index is 0.0655. The van der Waals surface area contributed by atoms with Gasteiger partial charge in [-0.1, -0.05) is 0 Å². The lowest BCUT2D eigenvalue weighted by Gasteiger charge is -2.21. The predicted octanol–water partition coefficient (Wildman–Crippen LogP) is 0.984. The van der Waals surface area contributed by atoms with Gasteiger partial charge >= 0.3 is 6.18 Å². The maximum absolute atomic E-state index is 11.9. The zero-order chi connectivity index (χ0) is 12.2. The Morgan fingerprint density at radius 1 is 1.44 bits per heavy atom. The fourth-order valence-electron chi connectivity index (χ4n) is 1.42. The highest BCUT2D eigenvalue weighted by atomic mass is 19.4. The topological polar surface area (TPSA) is 35.5 Å². The first-order valence-corrected chi connectivity index (χ1v) is 5.53. The summed E-state index contributed by atoms with van der Waals surface area (Å²) in [7, 11) is 1.59. The first-order valence-electron chi connectivity index (χ1n) is 5.53. The molecule has 96 valence electrons. The van der Waals surface area contributed by atoms with Gasteiger partial charge in [-0.2, -0.15) is 13.2 Å². The molecule has 1 saturated carbocycles. The summed E-state index contributed by atoms with van der Waals surface area (Å²) in [6, 6.07) is 0.509. The second kappa shape index (κ2) is 5.84. The van der Waals surface area contributed by atoms with Crippen molar-refractivity contribution >= 4 is 0 Å². The smallest absolute Gasteiger partial charge is 0.390 e. The average Bonchev–Trinajstić information content (AvgIpc) is 2.94. The standard InChI is InChI=1S/C10H19F3N2O/c1-15(5-4-10(11,12)13)7-9(16)6-14-8-2-3-8/h8-9,14,16H,2-7H2,1H3. The third kappa shape index (κ3) is 7.03. The van der Waals surface area contributed by atoms with Gasteiger partial charge in [-0.25, -0.2) is 0 Å². The van der Waals surface area contributed by atoms with E-state index in [0.717, 1.165) is 12.8 Å². The highest BCUT2D eigenvalue weighted by Gasteiger charge is 2.27. The van der Waals surface area contributed by atoms with E-state index >= 15 is 0 Å². The molecule has 0 aliphatic heterocycles. The van der Waals surface area contributed by atoms with E-state index in [-0.39, 0.29) is 13.1 Å². The first kappa shape index (κ1) is 13.7. The van der Waals surface area contributed by atoms with Crippen molar-refractivity contribution in [2.75, 3.05) is 26.7 Å². The van der Waals surface area contributed by atoms with Crippen LogP contribution in [0.4, 0.5) is 13.2 Å². The summed E-state index contributed by atoms with van der Waals surface area (Å²) in [5.74, 6) is 0. The van der Waals surface area contributed by atoms with E-state index in [0.29, 0.717) is 12.6 Å². The summed E-state index contributed by atoms with van der Waals surface area (Å²) in [6.45, 7) is 0.667. The fraction of sp³-hybridized carbons (Fsp3) is 1.00. The van der Waals surface area contributed by atoms with Crippen LogP contribution >= 0.6 is 0 Å². The molecule has 0 aromatic rings. The maximum Gasteiger partial charge on any atom is 0.390 e. The SMILES string of the molecule is CN(CCC(F)(F)F)CC(O)CNC1CC1. The summed E-state index contributed by atoms with van der Waals surface area (Å²) >= 11 is 0. The molecule has 1 rings (SSSR count). The highest BCUT2D eigenvalue weighted by Crippen LogP contribution is 2.20. The van der Waals surface area contributed by atoms with Gasteiger partial charge in [0, 0.05) is 25.7 Å². The predicted molar refractivity (Wildman–Crippen MR) is 55.2 cm³/mol. The van der Waals surface area contributed by atoms with Crippen LogP contribution in [-0.4, -0.2) is 55.0 Å². The second-order valence-corrected chi connectivity index (χ2v) is 4.46. The Morgan fingerprint density at radius 3 is 2.56 bits per heavy atom. The van der Waals surface area contributed by atoms with Crippen LogP contribution in [0.3, 0.4) is 0 Å². The number of nitrogens with one attached hydrogen (secondary N) is 1. The van der Waals surface area contributed by atoms with Crippen molar-refractivity contribution in [3.8, 4) is 0 Å². The molecule has 0 saturated heterocycles. The molecule has 0 heterocycles. The molecule has 3 nitrogen and oxygen atoms in total. The average molecular weight is 240 g/mol. The molecule has 1 unspecified atom stereocenters. The number of aliphatic hydroxyl groups is 1. The molecule has 0 amide bonds. The maximum atomic E-state index is 11.9. The quantitative estimate of drug-likeness (QED) is 0.696. The van der Waals surface area contributed by atoms with Crippen molar-refractivity contribution < 1.29 is 18.3 Å². The van der Waals surface area contributed by atoms with Crippen LogP contribution in [0.1, 0.15) is 19.3 Å². The van der Waals surface area contributed by atoms with Gasteiger partial charge in [0.2, 0.25) is 0 Å². The molecule has 1 aliphatic carbocycles. The van der Waals surface area contributed by atoms with Crippen LogP contribution in [0.15, 0.2) is 0 Å². The third-order valence-corrected chi connectivity index (χ3v) is 2.52. The summed E-state index contributed by atoms with van der Waals surface area (Å²) in [4.78, 5) is 1.51. The number of hydrogen-bond acceptors (Lipinski definition) is 3. The lowest BCUT2D eigenvalue weighted by atomic mass is 10.3. The van der Waals surface area contributed by atoms with E-state index in [9.17, 15) is 18.3 Å². The molecule has 0 radical (unpaired) electrons. The molecule has 1 atom stereocenters. The van der Waals surface area contributed by atoms with Gasteiger partial charge in [0.15, 0.2) is 0 Å². The summed E-state index contributed by atoms with van der Waals surface area (Å²) in [5, 5.41) is 12.7. The van der Waals surface area contributed by atoms with E-state index < -0.39 is 18.7 Å². The normalized spacial score (nSPS) is 19.1. The Hall–Kier alpha value is -0.330. The molecular formula is C10H19F3N2O. The van der Waals surface area contributed by atoms with Crippen LogP contribution in [-0.2, 0) is 0 Å². The third-order valence-electron chi connectivity index (χ3n) is 2.52. The highest BCUT2D eigenvalue weighted by molar-refractivity contribution is 4.82. The zero-order valence-electron chi connectivity index (χ0n) is 9.43. The lowest BCUT2D eigenvalue weighted by Crippen LogP contribution is -2.38. The Morgan fingerprint density at radius 2 is 2.06 bits per heavy atom. The van der Waals surface area contributed by atoms with Crippen molar-refractivity contribution in [2.24, 2.45) is 0 Å². The van der Waals surface area contributed by atoms with Gasteiger partial charge in [0.05, 0.1) is 12.5 Å². The fourth-order valence-corrected chi connectivity index (χ4v) is 1.42. The van der Waals surface area contributed by atoms with Crippen LogP contribution in [0.5, 0.6) is 0 Å². The van der Waals surface area contributed by atoms with E-state index in [1.54, 1.807) is 7.05 Å². The monoisotopic (exact) mass is 240 g/mol. The van der Waals surface area contributed by atoms with Gasteiger partial charge in [0.1, 0.15) is 0 Å². The van der Waals surface area contributed by atoms with Crippen molar-refractivity contribution in [2.45, 2.75) is 37.6 Å². The first-order chi connectivity index (χ1) is 7.37. The van der Waals surface area contributed by atoms with Crippen molar-refractivity contribution in [1.82, 2.24) is 10.2 Å². The largest absolute Gasteiger partial charge is 0.390 e. The van der Waals surface area contributed by atoms with Crippen molar-refractivity contribution in [1.29, 1.82) is 0 Å². The number of halogens is 3. The van der Waals surface area contributed by atoms with E-state index in [1.165, 1.54) is 4.90 Å². The number of aliphatic hydroxyl groups excluding tert-OH is 1. The van der Waals surface area contributed by atoms with Crippen molar-refractivity contribution in [3.63, 3.8) is 0 Å². The number of alkyl halides is 3. The van der Waals surface area contributed by atoms with Crippen LogP contribution in [0, 0.1) is 0 Å². The summed E-state index contributed by atoms with van der Waals surface area (Å²) in [5.41, 5.74) is 0. The second-order valence-electron chi connectivity index (χ2n) is 4.46. The Balaban J connectivity index is 2.04. The van der Waals surface area contributed by atoms with E-state index in [4.69, 9.17) is 0 Å². The molecule has 1 fully saturated rings. The van der Waals surface area contributed by atoms with Gasteiger partial charge in [-0.15, -0.1) is 0 Å². The van der Waals surface area contributed by atoms with E-state index in [2.05, 4.69) is 5.32 Å². The van der Waals surface area contributed by atoms with Crippen LogP contribution < -0.4 is 5.32 Å². The van der Waals surface area contributed by atoms with Crippen LogP contribution in [0.2, 0.25) is 0 Å². The van der Waals surface area contributed by atoms with Crippen LogP contribution in [0.25, 0.3) is 0 Å². The van der Waals surface area contributed by atoms with Gasteiger partial charge in [-0.05, 0) is 19.9 Å². The molecule has 1 aliphatic rings. The zero-order valence-corrected chi connectivity index (χ0v) is 9.43. The van der Waals surface area contributed by atoms with Gasteiger partial charge in [-0.3, -0.25) is 0 Å². The summed E-state index contributed by atoms with van der Waals surface area (Å²) < 4.78 is 35.7. The molecule has 0 aromatic carbocycles. The minimum Gasteiger partial charge on any atom is -0.390 e. The Labute approximate surface area is 93.6 Å².